The molecule has 4 rings (SSSR count). The summed E-state index contributed by atoms with van der Waals surface area (Å²) in [6, 6.07) is 7.35. The van der Waals surface area contributed by atoms with Crippen molar-refractivity contribution < 1.29 is 9.90 Å². The Balaban J connectivity index is 1.74. The molecule has 2 bridgehead atoms. The van der Waals surface area contributed by atoms with Crippen molar-refractivity contribution in [2.45, 2.75) is 19.4 Å². The van der Waals surface area contributed by atoms with E-state index >= 15 is 0 Å². The fourth-order valence-electron chi connectivity index (χ4n) is 3.21. The number of rotatable bonds is 3. The first kappa shape index (κ1) is 10.8. The number of carboxylic acids is 1. The molecule has 0 unspecified atom stereocenters. The van der Waals surface area contributed by atoms with Gasteiger partial charge in [0.05, 0.1) is 5.56 Å². The summed E-state index contributed by atoms with van der Waals surface area (Å²) in [5, 5.41) is 9.14. The van der Waals surface area contributed by atoms with E-state index in [0.29, 0.717) is 5.56 Å². The summed E-state index contributed by atoms with van der Waals surface area (Å²) in [4.78, 5) is 13.5. The van der Waals surface area contributed by atoms with Gasteiger partial charge in [0.2, 0.25) is 0 Å². The lowest BCUT2D eigenvalue weighted by Gasteiger charge is -2.47. The SMILES string of the molecule is O=C(O)c1ccccc1CN1CC2CC(C2)C1. The maximum absolute atomic E-state index is 11.1. The number of nitrogens with zero attached hydrogens (tertiary/aromatic N) is 1. The summed E-state index contributed by atoms with van der Waals surface area (Å²) in [7, 11) is 0. The molecule has 1 aromatic carbocycles. The Hall–Kier alpha value is -1.35. The van der Waals surface area contributed by atoms with E-state index in [2.05, 4.69) is 4.90 Å². The lowest BCUT2D eigenvalue weighted by Crippen LogP contribution is -2.48. The molecule has 3 nitrogen and oxygen atoms in total. The van der Waals surface area contributed by atoms with Crippen molar-refractivity contribution in [3.8, 4) is 0 Å². The Kier molecular flexibility index (Phi) is 2.63. The van der Waals surface area contributed by atoms with Gasteiger partial charge in [0, 0.05) is 19.6 Å². The van der Waals surface area contributed by atoms with Crippen LogP contribution in [0.5, 0.6) is 0 Å². The van der Waals surface area contributed by atoms with Crippen molar-refractivity contribution in [3.63, 3.8) is 0 Å². The molecule has 2 heterocycles. The molecule has 3 fully saturated rings. The molecule has 17 heavy (non-hydrogen) atoms. The molecule has 2 saturated heterocycles. The molecule has 1 saturated carbocycles. The number of aromatic carboxylic acids is 1. The van der Waals surface area contributed by atoms with E-state index in [4.69, 9.17) is 5.11 Å². The summed E-state index contributed by atoms with van der Waals surface area (Å²) in [6.07, 6.45) is 2.77. The molecule has 0 radical (unpaired) electrons. The van der Waals surface area contributed by atoms with Crippen LogP contribution in [-0.4, -0.2) is 29.1 Å². The van der Waals surface area contributed by atoms with Crippen molar-refractivity contribution in [1.82, 2.24) is 4.90 Å². The highest BCUT2D eigenvalue weighted by atomic mass is 16.4. The topological polar surface area (TPSA) is 40.5 Å². The second-order valence-corrected chi connectivity index (χ2v) is 5.36. The average molecular weight is 231 g/mol. The number of benzene rings is 1. The van der Waals surface area contributed by atoms with Gasteiger partial charge in [0.15, 0.2) is 0 Å². The van der Waals surface area contributed by atoms with Gasteiger partial charge in [-0.1, -0.05) is 18.2 Å². The van der Waals surface area contributed by atoms with Crippen LogP contribution in [0, 0.1) is 11.8 Å². The second kappa shape index (κ2) is 4.15. The van der Waals surface area contributed by atoms with E-state index in [9.17, 15) is 4.79 Å². The van der Waals surface area contributed by atoms with Gasteiger partial charge in [-0.15, -0.1) is 0 Å². The number of hydrogen-bond donors (Lipinski definition) is 1. The standard InChI is InChI=1S/C14H17NO2/c16-14(17)13-4-2-1-3-12(13)9-15-7-10-5-11(6-10)8-15/h1-4,10-11H,5-9H2,(H,16,17). The zero-order valence-corrected chi connectivity index (χ0v) is 9.80. The highest BCUT2D eigenvalue weighted by Crippen LogP contribution is 2.39. The van der Waals surface area contributed by atoms with E-state index in [0.717, 1.165) is 37.0 Å². The molecule has 0 amide bonds. The summed E-state index contributed by atoms with van der Waals surface area (Å²) in [6.45, 7) is 3.07. The first-order valence-corrected chi connectivity index (χ1v) is 6.26. The minimum absolute atomic E-state index is 0.451. The quantitative estimate of drug-likeness (QED) is 0.867. The largest absolute Gasteiger partial charge is 0.478 e. The first-order chi connectivity index (χ1) is 8.22. The fraction of sp³-hybridized carbons (Fsp3) is 0.500. The lowest BCUT2D eigenvalue weighted by atomic mass is 9.71. The maximum Gasteiger partial charge on any atom is 0.336 e. The van der Waals surface area contributed by atoms with Gasteiger partial charge in [-0.3, -0.25) is 4.90 Å². The van der Waals surface area contributed by atoms with Crippen LogP contribution in [-0.2, 0) is 6.54 Å². The van der Waals surface area contributed by atoms with Crippen LogP contribution in [0.25, 0.3) is 0 Å². The molecule has 1 aromatic rings. The summed E-state index contributed by atoms with van der Waals surface area (Å²) < 4.78 is 0. The predicted octanol–water partition coefficient (Wildman–Crippen LogP) is 2.23. The third-order valence-corrected chi connectivity index (χ3v) is 4.01. The van der Waals surface area contributed by atoms with Gasteiger partial charge >= 0.3 is 5.97 Å². The van der Waals surface area contributed by atoms with E-state index in [-0.39, 0.29) is 0 Å². The average Bonchev–Trinajstić information content (AvgIpc) is 2.28. The fourth-order valence-corrected chi connectivity index (χ4v) is 3.21. The molecule has 3 aliphatic rings. The Labute approximate surface area is 101 Å². The number of fused-ring (bicyclic) bond motifs is 2. The molecular weight excluding hydrogens is 214 g/mol. The van der Waals surface area contributed by atoms with Crippen molar-refractivity contribution in [2.75, 3.05) is 13.1 Å². The van der Waals surface area contributed by atoms with Crippen LogP contribution in [0.1, 0.15) is 28.8 Å². The molecular formula is C14H17NO2. The van der Waals surface area contributed by atoms with Crippen molar-refractivity contribution in [2.24, 2.45) is 11.8 Å². The van der Waals surface area contributed by atoms with Gasteiger partial charge in [0.1, 0.15) is 0 Å². The second-order valence-electron chi connectivity index (χ2n) is 5.36. The smallest absolute Gasteiger partial charge is 0.336 e. The molecule has 90 valence electrons. The number of piperidine rings is 2. The summed E-state index contributed by atoms with van der Waals surface area (Å²) >= 11 is 0. The number of hydrogen-bond acceptors (Lipinski definition) is 2. The Morgan fingerprint density at radius 1 is 1.24 bits per heavy atom. The maximum atomic E-state index is 11.1. The van der Waals surface area contributed by atoms with Crippen molar-refractivity contribution >= 4 is 5.97 Å². The molecule has 1 aliphatic carbocycles. The Bertz CT molecular complexity index is 428. The highest BCUT2D eigenvalue weighted by Gasteiger charge is 2.36. The van der Waals surface area contributed by atoms with Gasteiger partial charge in [-0.2, -0.15) is 0 Å². The minimum atomic E-state index is -0.817. The molecule has 0 atom stereocenters. The lowest BCUT2D eigenvalue weighted by molar-refractivity contribution is 0.0225. The summed E-state index contributed by atoms with van der Waals surface area (Å²) in [5.41, 5.74) is 1.40. The van der Waals surface area contributed by atoms with Gasteiger partial charge < -0.3 is 5.11 Å². The van der Waals surface area contributed by atoms with Gasteiger partial charge in [0.25, 0.3) is 0 Å². The van der Waals surface area contributed by atoms with E-state index in [1.54, 1.807) is 12.1 Å². The zero-order chi connectivity index (χ0) is 11.8. The van der Waals surface area contributed by atoms with Crippen LogP contribution in [0.15, 0.2) is 24.3 Å². The zero-order valence-electron chi connectivity index (χ0n) is 9.80. The van der Waals surface area contributed by atoms with Crippen LogP contribution in [0.3, 0.4) is 0 Å². The Morgan fingerprint density at radius 3 is 2.53 bits per heavy atom. The normalized spacial score (nSPS) is 27.5. The van der Waals surface area contributed by atoms with Crippen LogP contribution in [0.2, 0.25) is 0 Å². The first-order valence-electron chi connectivity index (χ1n) is 6.26. The Morgan fingerprint density at radius 2 is 1.88 bits per heavy atom. The van der Waals surface area contributed by atoms with Crippen LogP contribution < -0.4 is 0 Å². The van der Waals surface area contributed by atoms with Gasteiger partial charge in [-0.05, 0) is 36.3 Å². The van der Waals surface area contributed by atoms with E-state index < -0.39 is 5.97 Å². The van der Waals surface area contributed by atoms with E-state index in [1.807, 2.05) is 12.1 Å². The molecule has 0 aromatic heterocycles. The van der Waals surface area contributed by atoms with Crippen LogP contribution >= 0.6 is 0 Å². The third-order valence-electron chi connectivity index (χ3n) is 4.01. The third kappa shape index (κ3) is 2.07. The molecule has 2 aliphatic heterocycles. The molecule has 1 N–H and O–H groups in total. The molecule has 0 spiro atoms. The number of carboxylic acid groups (broad SMARTS) is 1. The van der Waals surface area contributed by atoms with E-state index in [1.165, 1.54) is 12.8 Å². The molecule has 3 heteroatoms. The minimum Gasteiger partial charge on any atom is -0.478 e. The van der Waals surface area contributed by atoms with Gasteiger partial charge in [-0.25, -0.2) is 4.79 Å². The highest BCUT2D eigenvalue weighted by molar-refractivity contribution is 5.89. The van der Waals surface area contributed by atoms with Crippen molar-refractivity contribution in [1.29, 1.82) is 0 Å². The monoisotopic (exact) mass is 231 g/mol. The summed E-state index contributed by atoms with van der Waals surface area (Å²) in [5.74, 6) is 0.916. The number of carbonyl (C=O) groups is 1. The predicted molar refractivity (Wildman–Crippen MR) is 64.9 cm³/mol. The van der Waals surface area contributed by atoms with Crippen LogP contribution in [0.4, 0.5) is 0 Å². The van der Waals surface area contributed by atoms with Crippen molar-refractivity contribution in [3.05, 3.63) is 35.4 Å².